The van der Waals surface area contributed by atoms with Gasteiger partial charge in [0.15, 0.2) is 12.7 Å². The molecule has 0 aliphatic carbocycles. The summed E-state index contributed by atoms with van der Waals surface area (Å²) in [5.74, 6) is -2.14. The van der Waals surface area contributed by atoms with Crippen LogP contribution in [0.1, 0.15) is 26.7 Å². The molecule has 1 aromatic carbocycles. The predicted octanol–water partition coefficient (Wildman–Crippen LogP) is 1.02. The van der Waals surface area contributed by atoms with Crippen molar-refractivity contribution in [1.82, 2.24) is 5.32 Å². The minimum atomic E-state index is -1.05. The van der Waals surface area contributed by atoms with E-state index in [9.17, 15) is 19.2 Å². The van der Waals surface area contributed by atoms with Crippen molar-refractivity contribution >= 4 is 29.4 Å². The Morgan fingerprint density at radius 1 is 1.29 bits per heavy atom. The second-order valence-electron chi connectivity index (χ2n) is 6.41. The van der Waals surface area contributed by atoms with Gasteiger partial charge in [0.2, 0.25) is 0 Å². The Morgan fingerprint density at radius 2 is 2.00 bits per heavy atom. The maximum atomic E-state index is 12.0. The summed E-state index contributed by atoms with van der Waals surface area (Å²) < 4.78 is 15.1. The molecule has 152 valence electrons. The third-order valence-corrected chi connectivity index (χ3v) is 4.41. The lowest BCUT2D eigenvalue weighted by atomic mass is 9.99. The van der Waals surface area contributed by atoms with Crippen molar-refractivity contribution in [2.24, 2.45) is 5.92 Å². The fraction of sp³-hybridized carbons (Fsp3) is 0.474. The van der Waals surface area contributed by atoms with Crippen LogP contribution >= 0.6 is 0 Å². The molecule has 0 fully saturated rings. The van der Waals surface area contributed by atoms with Gasteiger partial charge in [0.05, 0.1) is 19.2 Å². The van der Waals surface area contributed by atoms with Gasteiger partial charge >= 0.3 is 11.9 Å². The minimum absolute atomic E-state index is 0.147. The number of carbonyl (C=O) groups is 4. The molecule has 0 saturated heterocycles. The highest BCUT2D eigenvalue weighted by Crippen LogP contribution is 2.29. The molecule has 9 heteroatoms. The van der Waals surface area contributed by atoms with Gasteiger partial charge in [-0.25, -0.2) is 4.79 Å². The predicted molar refractivity (Wildman–Crippen MR) is 98.5 cm³/mol. The molecule has 1 aliphatic rings. The van der Waals surface area contributed by atoms with Crippen molar-refractivity contribution in [3.63, 3.8) is 0 Å². The van der Waals surface area contributed by atoms with E-state index in [0.717, 1.165) is 0 Å². The maximum Gasteiger partial charge on any atom is 0.328 e. The van der Waals surface area contributed by atoms with Gasteiger partial charge in [0.25, 0.3) is 11.8 Å². The lowest BCUT2D eigenvalue weighted by Crippen LogP contribution is -2.47. The number of ether oxygens (including phenoxy) is 3. The van der Waals surface area contributed by atoms with Gasteiger partial charge in [-0.2, -0.15) is 0 Å². The van der Waals surface area contributed by atoms with Crippen molar-refractivity contribution in [3.05, 3.63) is 24.3 Å². The number of hydrogen-bond acceptors (Lipinski definition) is 7. The van der Waals surface area contributed by atoms with E-state index < -0.39 is 42.5 Å². The highest BCUT2D eigenvalue weighted by atomic mass is 16.5. The van der Waals surface area contributed by atoms with Gasteiger partial charge in [-0.3, -0.25) is 14.4 Å². The zero-order valence-corrected chi connectivity index (χ0v) is 16.0. The third kappa shape index (κ3) is 5.45. The average molecular weight is 392 g/mol. The highest BCUT2D eigenvalue weighted by Gasteiger charge is 2.31. The molecular weight excluding hydrogens is 368 g/mol. The fourth-order valence-corrected chi connectivity index (χ4v) is 2.59. The largest absolute Gasteiger partial charge is 0.478 e. The van der Waals surface area contributed by atoms with Gasteiger partial charge in [-0.1, -0.05) is 32.4 Å². The molecule has 0 bridgehead atoms. The molecule has 2 N–H and O–H groups in total. The highest BCUT2D eigenvalue weighted by molar-refractivity contribution is 5.99. The van der Waals surface area contributed by atoms with Crippen LogP contribution < -0.4 is 15.4 Å². The Hall–Kier alpha value is -3.10. The van der Waals surface area contributed by atoms with E-state index in [1.807, 2.05) is 6.92 Å². The summed E-state index contributed by atoms with van der Waals surface area (Å²) in [6, 6.07) is 6.01. The molecule has 0 aromatic heterocycles. The number of methoxy groups -OCH3 is 1. The van der Waals surface area contributed by atoms with Crippen LogP contribution in [-0.2, 0) is 28.7 Å². The Bertz CT molecular complexity index is 750. The molecule has 3 atom stereocenters. The van der Waals surface area contributed by atoms with E-state index in [1.54, 1.807) is 31.2 Å². The van der Waals surface area contributed by atoms with Crippen molar-refractivity contribution in [2.45, 2.75) is 38.8 Å². The minimum Gasteiger partial charge on any atom is -0.478 e. The van der Waals surface area contributed by atoms with Crippen LogP contribution in [0.15, 0.2) is 24.3 Å². The SMILES string of the molecule is CC[C@@H](C)[C@H](NC(=O)COC(=O)C[C@H]1Oc2ccccc2NC1=O)C(=O)OC. The second-order valence-corrected chi connectivity index (χ2v) is 6.41. The van der Waals surface area contributed by atoms with Crippen LogP contribution in [0.2, 0.25) is 0 Å². The summed E-state index contributed by atoms with van der Waals surface area (Å²) in [4.78, 5) is 47.8. The molecule has 2 rings (SSSR count). The smallest absolute Gasteiger partial charge is 0.328 e. The molecule has 0 radical (unpaired) electrons. The zero-order chi connectivity index (χ0) is 20.7. The summed E-state index contributed by atoms with van der Waals surface area (Å²) in [5.41, 5.74) is 0.524. The van der Waals surface area contributed by atoms with Crippen LogP contribution in [0.25, 0.3) is 0 Å². The number of esters is 2. The molecule has 0 saturated carbocycles. The number of amides is 2. The first-order valence-electron chi connectivity index (χ1n) is 8.95. The summed E-state index contributed by atoms with van der Waals surface area (Å²) >= 11 is 0. The molecule has 1 aromatic rings. The monoisotopic (exact) mass is 392 g/mol. The molecule has 2 amide bonds. The van der Waals surface area contributed by atoms with Gasteiger partial charge in [-0.15, -0.1) is 0 Å². The van der Waals surface area contributed by atoms with Gasteiger partial charge in [0, 0.05) is 0 Å². The second kappa shape index (κ2) is 9.72. The van der Waals surface area contributed by atoms with E-state index in [2.05, 4.69) is 15.4 Å². The number of hydrogen-bond donors (Lipinski definition) is 2. The average Bonchev–Trinajstić information content (AvgIpc) is 2.69. The van der Waals surface area contributed by atoms with E-state index in [-0.39, 0.29) is 12.3 Å². The first-order chi connectivity index (χ1) is 13.3. The van der Waals surface area contributed by atoms with Crippen LogP contribution in [0.3, 0.4) is 0 Å². The standard InChI is InChI=1S/C19H24N2O7/c1-4-11(2)17(19(25)26-3)21-15(22)10-27-16(23)9-14-18(24)20-12-7-5-6-8-13(12)28-14/h5-8,11,14,17H,4,9-10H2,1-3H3,(H,20,24)(H,21,22)/t11-,14-,17+/m1/s1. The lowest BCUT2D eigenvalue weighted by molar-refractivity contribution is -0.153. The zero-order valence-electron chi connectivity index (χ0n) is 16.0. The molecule has 0 unspecified atom stereocenters. The number of fused-ring (bicyclic) bond motifs is 1. The Kier molecular flexibility index (Phi) is 7.36. The Labute approximate surface area is 162 Å². The van der Waals surface area contributed by atoms with Crippen molar-refractivity contribution < 1.29 is 33.4 Å². The first kappa shape index (κ1) is 21.2. The molecule has 0 spiro atoms. The molecule has 28 heavy (non-hydrogen) atoms. The van der Waals surface area contributed by atoms with E-state index >= 15 is 0 Å². The Balaban J connectivity index is 1.84. The number of carbonyl (C=O) groups excluding carboxylic acids is 4. The van der Waals surface area contributed by atoms with Crippen molar-refractivity contribution in [2.75, 3.05) is 19.0 Å². The van der Waals surface area contributed by atoms with Crippen LogP contribution in [-0.4, -0.2) is 49.6 Å². The van der Waals surface area contributed by atoms with E-state index in [1.165, 1.54) is 7.11 Å². The topological polar surface area (TPSA) is 120 Å². The molecular formula is C19H24N2O7. The van der Waals surface area contributed by atoms with Gasteiger partial charge in [0.1, 0.15) is 11.8 Å². The van der Waals surface area contributed by atoms with Crippen LogP contribution in [0.5, 0.6) is 5.75 Å². The number of rotatable bonds is 8. The molecule has 1 heterocycles. The quantitative estimate of drug-likeness (QED) is 0.634. The number of para-hydroxylation sites is 2. The van der Waals surface area contributed by atoms with Crippen LogP contribution in [0.4, 0.5) is 5.69 Å². The van der Waals surface area contributed by atoms with Crippen molar-refractivity contribution in [1.29, 1.82) is 0 Å². The van der Waals surface area contributed by atoms with Gasteiger partial charge < -0.3 is 24.8 Å². The van der Waals surface area contributed by atoms with Gasteiger partial charge in [-0.05, 0) is 18.1 Å². The molecule has 1 aliphatic heterocycles. The summed E-state index contributed by atoms with van der Waals surface area (Å²) in [5, 5.41) is 5.14. The van der Waals surface area contributed by atoms with E-state index in [4.69, 9.17) is 9.47 Å². The lowest BCUT2D eigenvalue weighted by Gasteiger charge is -2.25. The fourth-order valence-electron chi connectivity index (χ4n) is 2.59. The summed E-state index contributed by atoms with van der Waals surface area (Å²) in [6.45, 7) is 3.10. The number of anilines is 1. The normalized spacial score (nSPS) is 17.2. The maximum absolute atomic E-state index is 12.0. The first-order valence-corrected chi connectivity index (χ1v) is 8.95. The summed E-state index contributed by atoms with van der Waals surface area (Å²) in [7, 11) is 1.23. The van der Waals surface area contributed by atoms with Crippen LogP contribution in [0, 0.1) is 5.92 Å². The van der Waals surface area contributed by atoms with E-state index in [0.29, 0.717) is 17.9 Å². The molecule has 9 nitrogen and oxygen atoms in total. The Morgan fingerprint density at radius 3 is 2.68 bits per heavy atom. The van der Waals surface area contributed by atoms with Crippen molar-refractivity contribution in [3.8, 4) is 5.75 Å². The number of benzene rings is 1. The third-order valence-electron chi connectivity index (χ3n) is 4.41. The summed E-state index contributed by atoms with van der Waals surface area (Å²) in [6.07, 6.45) is -0.748. The number of nitrogens with one attached hydrogen (secondary N) is 2.